The molecule has 0 unspecified atom stereocenters. The number of benzene rings is 2. The van der Waals surface area contributed by atoms with Crippen LogP contribution in [0.25, 0.3) is 0 Å². The van der Waals surface area contributed by atoms with Crippen LogP contribution < -0.4 is 5.32 Å². The average Bonchev–Trinajstić information content (AvgIpc) is 3.10. The largest absolute Gasteiger partial charge is 0.356 e. The van der Waals surface area contributed by atoms with Crippen molar-refractivity contribution in [1.29, 1.82) is 0 Å². The molecule has 136 valence electrons. The number of aryl methyl sites for hydroxylation is 2. The first kappa shape index (κ1) is 18.8. The van der Waals surface area contributed by atoms with Gasteiger partial charge in [-0.05, 0) is 76.5 Å². The summed E-state index contributed by atoms with van der Waals surface area (Å²) in [6.07, 6.45) is 4.30. The van der Waals surface area contributed by atoms with Gasteiger partial charge in [0, 0.05) is 24.9 Å². The first-order chi connectivity index (χ1) is 12.5. The molecule has 1 N–H and O–H groups in total. The monoisotopic (exact) mass is 417 g/mol. The Morgan fingerprint density at radius 1 is 1.04 bits per heavy atom. The quantitative estimate of drug-likeness (QED) is 0.678. The lowest BCUT2D eigenvalue weighted by Crippen LogP contribution is -2.26. The number of nitrogens with one attached hydrogen (secondary N) is 1. The van der Waals surface area contributed by atoms with Gasteiger partial charge in [0.15, 0.2) is 5.78 Å². The van der Waals surface area contributed by atoms with E-state index in [0.717, 1.165) is 24.8 Å². The fraction of sp³-hybridized carbons (Fsp3) is 0.333. The van der Waals surface area contributed by atoms with Crippen molar-refractivity contribution >= 4 is 27.6 Å². The van der Waals surface area contributed by atoms with Crippen molar-refractivity contribution < 1.29 is 14.0 Å². The molecule has 2 aromatic rings. The standard InChI is InChI=1S/C21H21BrFNO2/c22-18-12-14(4-7-19(18)23)10-11-24-21(26)9-8-20(25)17-6-5-15-2-1-3-16(15)13-17/h4-7,12-13H,1-3,8-11H2,(H,24,26). The fourth-order valence-electron chi connectivity index (χ4n) is 3.25. The van der Waals surface area contributed by atoms with Crippen molar-refractivity contribution in [3.05, 3.63) is 68.9 Å². The molecule has 0 atom stereocenters. The number of carbonyl (C=O) groups excluding carboxylic acids is 2. The van der Waals surface area contributed by atoms with Gasteiger partial charge in [-0.2, -0.15) is 0 Å². The summed E-state index contributed by atoms with van der Waals surface area (Å²) in [4.78, 5) is 24.2. The van der Waals surface area contributed by atoms with Gasteiger partial charge >= 0.3 is 0 Å². The molecule has 0 spiro atoms. The highest BCUT2D eigenvalue weighted by molar-refractivity contribution is 9.10. The summed E-state index contributed by atoms with van der Waals surface area (Å²) in [6.45, 7) is 0.462. The Balaban J connectivity index is 1.42. The van der Waals surface area contributed by atoms with Gasteiger partial charge in [-0.25, -0.2) is 4.39 Å². The van der Waals surface area contributed by atoms with Crippen molar-refractivity contribution in [2.45, 2.75) is 38.5 Å². The second-order valence-corrected chi connectivity index (χ2v) is 7.46. The smallest absolute Gasteiger partial charge is 0.220 e. The number of amides is 1. The number of fused-ring (bicyclic) bond motifs is 1. The number of hydrogen-bond donors (Lipinski definition) is 1. The number of halogens is 2. The predicted octanol–water partition coefficient (Wildman–Crippen LogP) is 4.40. The van der Waals surface area contributed by atoms with E-state index in [1.54, 1.807) is 12.1 Å². The summed E-state index contributed by atoms with van der Waals surface area (Å²) in [7, 11) is 0. The van der Waals surface area contributed by atoms with Crippen LogP contribution in [0.3, 0.4) is 0 Å². The van der Waals surface area contributed by atoms with Crippen LogP contribution in [0.2, 0.25) is 0 Å². The van der Waals surface area contributed by atoms with E-state index in [9.17, 15) is 14.0 Å². The van der Waals surface area contributed by atoms with Gasteiger partial charge < -0.3 is 5.32 Å². The molecule has 26 heavy (non-hydrogen) atoms. The SMILES string of the molecule is O=C(CCC(=O)c1ccc2c(c1)CCC2)NCCc1ccc(F)c(Br)c1. The Morgan fingerprint density at radius 3 is 2.65 bits per heavy atom. The molecule has 0 aliphatic heterocycles. The third-order valence-electron chi connectivity index (χ3n) is 4.72. The molecule has 0 heterocycles. The van der Waals surface area contributed by atoms with E-state index in [-0.39, 0.29) is 30.3 Å². The third kappa shape index (κ3) is 4.79. The van der Waals surface area contributed by atoms with Crippen molar-refractivity contribution in [3.8, 4) is 0 Å². The molecule has 0 saturated heterocycles. The van der Waals surface area contributed by atoms with Crippen LogP contribution in [0, 0.1) is 5.82 Å². The fourth-order valence-corrected chi connectivity index (χ4v) is 3.67. The molecule has 0 saturated carbocycles. The van der Waals surface area contributed by atoms with Crippen molar-refractivity contribution in [1.82, 2.24) is 5.32 Å². The van der Waals surface area contributed by atoms with Gasteiger partial charge in [0.2, 0.25) is 5.91 Å². The van der Waals surface area contributed by atoms with E-state index in [4.69, 9.17) is 0 Å². The molecule has 0 fully saturated rings. The Hall–Kier alpha value is -2.01. The van der Waals surface area contributed by atoms with E-state index >= 15 is 0 Å². The van der Waals surface area contributed by atoms with Gasteiger partial charge in [-0.3, -0.25) is 9.59 Å². The third-order valence-corrected chi connectivity index (χ3v) is 5.33. The van der Waals surface area contributed by atoms with E-state index in [2.05, 4.69) is 21.2 Å². The van der Waals surface area contributed by atoms with E-state index < -0.39 is 0 Å². The molecule has 5 heteroatoms. The Labute approximate surface area is 161 Å². The number of hydrogen-bond acceptors (Lipinski definition) is 2. The van der Waals surface area contributed by atoms with Gasteiger partial charge in [-0.15, -0.1) is 0 Å². The van der Waals surface area contributed by atoms with Crippen molar-refractivity contribution in [2.75, 3.05) is 6.54 Å². The number of ketones is 1. The van der Waals surface area contributed by atoms with Crippen LogP contribution in [0.4, 0.5) is 4.39 Å². The van der Waals surface area contributed by atoms with E-state index in [1.807, 2.05) is 18.2 Å². The zero-order valence-corrected chi connectivity index (χ0v) is 16.1. The lowest BCUT2D eigenvalue weighted by molar-refractivity contribution is -0.121. The maximum absolute atomic E-state index is 13.2. The highest BCUT2D eigenvalue weighted by atomic mass is 79.9. The summed E-state index contributed by atoms with van der Waals surface area (Å²) >= 11 is 3.15. The second-order valence-electron chi connectivity index (χ2n) is 6.61. The minimum absolute atomic E-state index is 0.0114. The molecule has 3 nitrogen and oxygen atoms in total. The molecule has 1 amide bonds. The van der Waals surface area contributed by atoms with Crippen LogP contribution in [-0.4, -0.2) is 18.2 Å². The van der Waals surface area contributed by atoms with Crippen LogP contribution in [-0.2, 0) is 24.1 Å². The number of Topliss-reactive ketones (excluding diaryl/α,β-unsaturated/α-hetero) is 1. The van der Waals surface area contributed by atoms with E-state index in [1.165, 1.54) is 17.2 Å². The maximum Gasteiger partial charge on any atom is 0.220 e. The molecule has 1 aliphatic carbocycles. The Kier molecular flexibility index (Phi) is 6.20. The summed E-state index contributed by atoms with van der Waals surface area (Å²) < 4.78 is 13.6. The minimum atomic E-state index is -0.303. The van der Waals surface area contributed by atoms with Crippen LogP contribution in [0.1, 0.15) is 46.3 Å². The minimum Gasteiger partial charge on any atom is -0.356 e. The topological polar surface area (TPSA) is 46.2 Å². The summed E-state index contributed by atoms with van der Waals surface area (Å²) in [5.74, 6) is -0.430. The summed E-state index contributed by atoms with van der Waals surface area (Å²) in [5.41, 5.74) is 4.25. The van der Waals surface area contributed by atoms with Gasteiger partial charge in [0.25, 0.3) is 0 Å². The predicted molar refractivity (Wildman–Crippen MR) is 103 cm³/mol. The van der Waals surface area contributed by atoms with Crippen LogP contribution >= 0.6 is 15.9 Å². The zero-order chi connectivity index (χ0) is 18.5. The summed E-state index contributed by atoms with van der Waals surface area (Å²) in [6, 6.07) is 10.7. The normalized spacial score (nSPS) is 12.7. The molecule has 0 bridgehead atoms. The molecular weight excluding hydrogens is 397 g/mol. The highest BCUT2D eigenvalue weighted by Gasteiger charge is 2.14. The average molecular weight is 418 g/mol. The molecule has 2 aromatic carbocycles. The second kappa shape index (κ2) is 8.58. The lowest BCUT2D eigenvalue weighted by atomic mass is 10.0. The number of rotatable bonds is 7. The first-order valence-electron chi connectivity index (χ1n) is 8.88. The van der Waals surface area contributed by atoms with Crippen LogP contribution in [0.15, 0.2) is 40.9 Å². The van der Waals surface area contributed by atoms with Gasteiger partial charge in [-0.1, -0.05) is 18.2 Å². The molecule has 0 radical (unpaired) electrons. The highest BCUT2D eigenvalue weighted by Crippen LogP contribution is 2.23. The summed E-state index contributed by atoms with van der Waals surface area (Å²) in [5, 5.41) is 2.81. The Morgan fingerprint density at radius 2 is 1.85 bits per heavy atom. The van der Waals surface area contributed by atoms with Crippen LogP contribution in [0.5, 0.6) is 0 Å². The van der Waals surface area contributed by atoms with Crippen molar-refractivity contribution in [2.24, 2.45) is 0 Å². The molecular formula is C21H21BrFNO2. The lowest BCUT2D eigenvalue weighted by Gasteiger charge is -2.07. The van der Waals surface area contributed by atoms with E-state index in [0.29, 0.717) is 23.0 Å². The molecule has 0 aromatic heterocycles. The molecule has 3 rings (SSSR count). The van der Waals surface area contributed by atoms with Gasteiger partial charge in [0.1, 0.15) is 5.82 Å². The zero-order valence-electron chi connectivity index (χ0n) is 14.5. The first-order valence-corrected chi connectivity index (χ1v) is 9.68. The maximum atomic E-state index is 13.2. The van der Waals surface area contributed by atoms with Crippen molar-refractivity contribution in [3.63, 3.8) is 0 Å². The van der Waals surface area contributed by atoms with Gasteiger partial charge in [0.05, 0.1) is 4.47 Å². The Bertz CT molecular complexity index is 835. The molecule has 1 aliphatic rings. The number of carbonyl (C=O) groups is 2.